The molecule has 4 N–H and O–H groups in total. The first kappa shape index (κ1) is 18.7. The molecule has 138 valence electrons. The summed E-state index contributed by atoms with van der Waals surface area (Å²) in [6.07, 6.45) is -5.46. The Kier molecular flexibility index (Phi) is 3.92. The van der Waals surface area contributed by atoms with Crippen molar-refractivity contribution in [2.24, 2.45) is 5.73 Å². The summed E-state index contributed by atoms with van der Waals surface area (Å²) in [7, 11) is 0. The van der Waals surface area contributed by atoms with E-state index in [-0.39, 0.29) is 5.69 Å². The van der Waals surface area contributed by atoms with Crippen LogP contribution in [0.3, 0.4) is 0 Å². The zero-order valence-corrected chi connectivity index (χ0v) is 14.0. The second-order valence-electron chi connectivity index (χ2n) is 5.77. The van der Waals surface area contributed by atoms with Crippen LogP contribution in [-0.4, -0.2) is 15.7 Å². The predicted octanol–water partition coefficient (Wildman–Crippen LogP) is 3.84. The van der Waals surface area contributed by atoms with Crippen LogP contribution in [0.4, 0.5) is 27.8 Å². The number of nitrogen functional groups attached to an aromatic ring is 1. The van der Waals surface area contributed by atoms with E-state index < -0.39 is 56.7 Å². The quantitative estimate of drug-likeness (QED) is 0.733. The van der Waals surface area contributed by atoms with Crippen molar-refractivity contribution in [3.05, 3.63) is 39.0 Å². The van der Waals surface area contributed by atoms with Crippen molar-refractivity contribution in [2.45, 2.75) is 24.1 Å². The Bertz CT molecular complexity index is 939. The molecule has 1 aliphatic rings. The number of hydrogen-bond donors (Lipinski definition) is 2. The maximum absolute atomic E-state index is 13.6. The Hall–Kier alpha value is -2.09. The fraction of sp³-hybridized carbons (Fsp3) is 0.286. The van der Waals surface area contributed by atoms with Gasteiger partial charge in [0.05, 0.1) is 21.2 Å². The minimum atomic E-state index is -4.71. The Morgan fingerprint density at radius 2 is 1.73 bits per heavy atom. The summed E-state index contributed by atoms with van der Waals surface area (Å²) in [5.74, 6) is -3.75. The van der Waals surface area contributed by atoms with Gasteiger partial charge in [-0.05, 0) is 12.1 Å². The van der Waals surface area contributed by atoms with E-state index in [1.807, 2.05) is 0 Å². The van der Waals surface area contributed by atoms with Crippen LogP contribution in [0.5, 0.6) is 0 Å². The molecule has 3 rings (SSSR count). The van der Waals surface area contributed by atoms with E-state index in [0.717, 1.165) is 4.68 Å². The van der Waals surface area contributed by atoms with Crippen LogP contribution in [0.2, 0.25) is 10.0 Å². The van der Waals surface area contributed by atoms with Gasteiger partial charge in [-0.15, -0.1) is 0 Å². The molecule has 5 nitrogen and oxygen atoms in total. The molecule has 0 saturated heterocycles. The van der Waals surface area contributed by atoms with Gasteiger partial charge in [0.2, 0.25) is 0 Å². The molecule has 1 fully saturated rings. The molecule has 1 aliphatic carbocycles. The molecule has 0 bridgehead atoms. The second-order valence-corrected chi connectivity index (χ2v) is 6.59. The summed E-state index contributed by atoms with van der Waals surface area (Å²) in [6.45, 7) is 0. The number of aromatic nitrogens is 2. The van der Waals surface area contributed by atoms with Crippen LogP contribution in [0.1, 0.15) is 23.2 Å². The Labute approximate surface area is 152 Å². The highest BCUT2D eigenvalue weighted by Crippen LogP contribution is 2.59. The van der Waals surface area contributed by atoms with Crippen LogP contribution in [0, 0.1) is 11.3 Å². The number of benzene rings is 1. The highest BCUT2D eigenvalue weighted by atomic mass is 35.5. The van der Waals surface area contributed by atoms with Crippen LogP contribution in [0.15, 0.2) is 12.1 Å². The van der Waals surface area contributed by atoms with E-state index in [9.17, 15) is 22.0 Å². The minimum Gasteiger partial charge on any atom is -0.383 e. The number of halogens is 7. The third kappa shape index (κ3) is 2.58. The fourth-order valence-electron chi connectivity index (χ4n) is 2.63. The van der Waals surface area contributed by atoms with E-state index in [1.54, 1.807) is 6.07 Å². The van der Waals surface area contributed by atoms with E-state index in [4.69, 9.17) is 39.9 Å². The van der Waals surface area contributed by atoms with Crippen molar-refractivity contribution in [1.29, 1.82) is 5.26 Å². The van der Waals surface area contributed by atoms with Crippen molar-refractivity contribution in [1.82, 2.24) is 9.78 Å². The third-order valence-electron chi connectivity index (χ3n) is 4.06. The lowest BCUT2D eigenvalue weighted by Gasteiger charge is -2.14. The zero-order chi connectivity index (χ0) is 19.7. The molecule has 2 aromatic rings. The Balaban J connectivity index is 2.22. The summed E-state index contributed by atoms with van der Waals surface area (Å²) < 4.78 is 66.4. The van der Waals surface area contributed by atoms with Crippen molar-refractivity contribution < 1.29 is 22.0 Å². The number of nitrogens with zero attached hydrogens (tertiary/aromatic N) is 3. The average Bonchev–Trinajstić information content (AvgIpc) is 2.84. The summed E-state index contributed by atoms with van der Waals surface area (Å²) in [5.41, 5.74) is 6.95. The summed E-state index contributed by atoms with van der Waals surface area (Å²) >= 11 is 11.7. The molecular formula is C14H8Cl2F5N5. The summed E-state index contributed by atoms with van der Waals surface area (Å²) in [4.78, 5) is 0. The first-order valence-corrected chi connectivity index (χ1v) is 7.61. The van der Waals surface area contributed by atoms with Gasteiger partial charge in [-0.3, -0.25) is 0 Å². The van der Waals surface area contributed by atoms with E-state index in [0.29, 0.717) is 12.1 Å². The van der Waals surface area contributed by atoms with Crippen molar-refractivity contribution in [2.75, 3.05) is 5.73 Å². The maximum Gasteiger partial charge on any atom is 0.416 e. The normalized spacial score (nSPS) is 21.5. The average molecular weight is 412 g/mol. The Morgan fingerprint density at radius 1 is 1.23 bits per heavy atom. The Morgan fingerprint density at radius 3 is 2.12 bits per heavy atom. The molecular weight excluding hydrogens is 404 g/mol. The molecule has 0 aliphatic heterocycles. The zero-order valence-electron chi connectivity index (χ0n) is 12.5. The van der Waals surface area contributed by atoms with Gasteiger partial charge in [-0.1, -0.05) is 23.2 Å². The van der Waals surface area contributed by atoms with E-state index >= 15 is 0 Å². The SMILES string of the molecule is N#Cc1nn(-c2c(Cl)cc(C(F)(F)F)cc2Cl)c(N)c1C1(N)CC1(F)F. The first-order valence-electron chi connectivity index (χ1n) is 6.86. The van der Waals surface area contributed by atoms with Crippen LogP contribution >= 0.6 is 23.2 Å². The lowest BCUT2D eigenvalue weighted by molar-refractivity contribution is -0.137. The second kappa shape index (κ2) is 5.45. The topological polar surface area (TPSA) is 93.6 Å². The third-order valence-corrected chi connectivity index (χ3v) is 4.63. The molecule has 1 unspecified atom stereocenters. The largest absolute Gasteiger partial charge is 0.416 e. The van der Waals surface area contributed by atoms with Gasteiger partial charge in [-0.2, -0.15) is 23.5 Å². The number of alkyl halides is 5. The molecule has 12 heteroatoms. The summed E-state index contributed by atoms with van der Waals surface area (Å²) in [5, 5.41) is 11.9. The number of nitriles is 1. The van der Waals surface area contributed by atoms with Gasteiger partial charge in [0, 0.05) is 6.42 Å². The highest BCUT2D eigenvalue weighted by molar-refractivity contribution is 6.38. The monoisotopic (exact) mass is 411 g/mol. The number of hydrogen-bond acceptors (Lipinski definition) is 4. The number of rotatable bonds is 2. The van der Waals surface area contributed by atoms with E-state index in [1.165, 1.54) is 0 Å². The molecule has 1 aromatic heterocycles. The highest BCUT2D eigenvalue weighted by Gasteiger charge is 2.72. The lowest BCUT2D eigenvalue weighted by atomic mass is 10.1. The first-order chi connectivity index (χ1) is 11.8. The van der Waals surface area contributed by atoms with Crippen LogP contribution in [-0.2, 0) is 11.7 Å². The van der Waals surface area contributed by atoms with Crippen molar-refractivity contribution in [3.63, 3.8) is 0 Å². The maximum atomic E-state index is 13.6. The minimum absolute atomic E-state index is 0.283. The number of anilines is 1. The predicted molar refractivity (Wildman–Crippen MR) is 83.1 cm³/mol. The molecule has 1 aromatic carbocycles. The van der Waals surface area contributed by atoms with Gasteiger partial charge >= 0.3 is 6.18 Å². The van der Waals surface area contributed by atoms with Crippen LogP contribution < -0.4 is 11.5 Å². The van der Waals surface area contributed by atoms with Crippen molar-refractivity contribution in [3.8, 4) is 11.8 Å². The molecule has 0 amide bonds. The van der Waals surface area contributed by atoms with Crippen LogP contribution in [0.25, 0.3) is 5.69 Å². The smallest absolute Gasteiger partial charge is 0.383 e. The van der Waals surface area contributed by atoms with Crippen molar-refractivity contribution >= 4 is 29.0 Å². The van der Waals surface area contributed by atoms with Gasteiger partial charge in [0.15, 0.2) is 5.69 Å². The van der Waals surface area contributed by atoms with Gasteiger partial charge in [-0.25, -0.2) is 13.5 Å². The molecule has 0 radical (unpaired) electrons. The molecule has 0 spiro atoms. The van der Waals surface area contributed by atoms with Gasteiger partial charge < -0.3 is 11.5 Å². The standard InChI is InChI=1S/C14H8Cl2F5N5/c15-6-1-5(14(19,20)21)2-7(16)10(6)26-11(23)9(8(3-22)25-26)12(24)4-13(12,17)18/h1-2H,4,23-24H2. The van der Waals surface area contributed by atoms with E-state index in [2.05, 4.69) is 5.10 Å². The van der Waals surface area contributed by atoms with Gasteiger partial charge in [0.1, 0.15) is 23.1 Å². The molecule has 1 saturated carbocycles. The van der Waals surface area contributed by atoms with Gasteiger partial charge in [0.25, 0.3) is 5.92 Å². The molecule has 1 heterocycles. The number of nitrogens with two attached hydrogens (primary N) is 2. The lowest BCUT2D eigenvalue weighted by Crippen LogP contribution is -2.28. The molecule has 26 heavy (non-hydrogen) atoms. The summed E-state index contributed by atoms with van der Waals surface area (Å²) in [6, 6.07) is 2.76. The fourth-order valence-corrected chi connectivity index (χ4v) is 3.28. The molecule has 1 atom stereocenters.